The van der Waals surface area contributed by atoms with Gasteiger partial charge < -0.3 is 15.2 Å². The van der Waals surface area contributed by atoms with Crippen molar-refractivity contribution in [2.75, 3.05) is 18.9 Å². The first-order valence-electron chi connectivity index (χ1n) is 9.42. The molecular weight excluding hydrogens is 430 g/mol. The van der Waals surface area contributed by atoms with Crippen LogP contribution in [0, 0.1) is 11.2 Å². The molecule has 3 aromatic rings. The molecule has 30 heavy (non-hydrogen) atoms. The van der Waals surface area contributed by atoms with Gasteiger partial charge in [-0.15, -0.1) is 0 Å². The van der Waals surface area contributed by atoms with E-state index >= 15 is 0 Å². The summed E-state index contributed by atoms with van der Waals surface area (Å²) in [5.41, 5.74) is 8.14. The lowest BCUT2D eigenvalue weighted by atomic mass is 9.89. The third-order valence-electron chi connectivity index (χ3n) is 5.08. The number of pyridine rings is 1. The van der Waals surface area contributed by atoms with E-state index < -0.39 is 11.9 Å². The van der Waals surface area contributed by atoms with Crippen molar-refractivity contribution in [1.82, 2.24) is 14.8 Å². The van der Waals surface area contributed by atoms with Crippen LogP contribution in [0.25, 0.3) is 11.1 Å². The molecule has 2 N–H and O–H groups in total. The third kappa shape index (κ3) is 4.10. The molecule has 1 aliphatic heterocycles. The van der Waals surface area contributed by atoms with Gasteiger partial charge in [0.25, 0.3) is 0 Å². The quantitative estimate of drug-likeness (QED) is 0.525. The van der Waals surface area contributed by atoms with Gasteiger partial charge in [-0.1, -0.05) is 30.1 Å². The minimum absolute atomic E-state index is 0.0765. The highest BCUT2D eigenvalue weighted by molar-refractivity contribution is 6.36. The number of rotatable bonds is 6. The van der Waals surface area contributed by atoms with Crippen molar-refractivity contribution in [3.63, 3.8) is 0 Å². The predicted octanol–water partition coefficient (Wildman–Crippen LogP) is 5.15. The van der Waals surface area contributed by atoms with Gasteiger partial charge in [0.15, 0.2) is 11.6 Å². The van der Waals surface area contributed by atoms with Crippen LogP contribution in [0.1, 0.15) is 25.5 Å². The Kier molecular flexibility index (Phi) is 5.61. The number of hydrogen-bond acceptors (Lipinski definition) is 5. The number of ether oxygens (including phenoxy) is 2. The molecule has 0 bridgehead atoms. The Bertz CT molecular complexity index is 1080. The molecule has 4 rings (SSSR count). The third-order valence-corrected chi connectivity index (χ3v) is 5.80. The summed E-state index contributed by atoms with van der Waals surface area (Å²) in [6.07, 6.45) is 4.74. The number of anilines is 1. The number of halogens is 3. The van der Waals surface area contributed by atoms with Crippen molar-refractivity contribution in [3.8, 4) is 16.9 Å². The normalized spacial score (nSPS) is 16.2. The lowest BCUT2D eigenvalue weighted by molar-refractivity contribution is -0.111. The second-order valence-corrected chi connectivity index (χ2v) is 8.64. The zero-order valence-electron chi connectivity index (χ0n) is 16.5. The van der Waals surface area contributed by atoms with Crippen LogP contribution in [0.2, 0.25) is 10.0 Å². The molecular formula is C21H21Cl2FN4O2. The fourth-order valence-electron chi connectivity index (χ4n) is 3.40. The minimum atomic E-state index is -0.638. The van der Waals surface area contributed by atoms with E-state index in [1.165, 1.54) is 12.1 Å². The summed E-state index contributed by atoms with van der Waals surface area (Å²) in [7, 11) is 0. The predicted molar refractivity (Wildman–Crippen MR) is 114 cm³/mol. The van der Waals surface area contributed by atoms with E-state index in [-0.39, 0.29) is 16.3 Å². The van der Waals surface area contributed by atoms with E-state index in [0.717, 1.165) is 30.9 Å². The van der Waals surface area contributed by atoms with E-state index in [1.54, 1.807) is 25.4 Å². The summed E-state index contributed by atoms with van der Waals surface area (Å²) < 4.78 is 27.0. The molecule has 0 amide bonds. The zero-order chi connectivity index (χ0) is 21.5. The molecule has 1 aliphatic rings. The van der Waals surface area contributed by atoms with Crippen LogP contribution in [-0.2, 0) is 11.3 Å². The van der Waals surface area contributed by atoms with Gasteiger partial charge in [-0.05, 0) is 25.1 Å². The monoisotopic (exact) mass is 450 g/mol. The molecule has 1 atom stereocenters. The Morgan fingerprint density at radius 3 is 2.77 bits per heavy atom. The van der Waals surface area contributed by atoms with Crippen molar-refractivity contribution in [3.05, 3.63) is 58.2 Å². The molecule has 0 saturated carbocycles. The highest BCUT2D eigenvalue weighted by Crippen LogP contribution is 2.37. The molecule has 0 spiro atoms. The number of aromatic nitrogens is 3. The Hall–Kier alpha value is -2.35. The SMILES string of the molecule is CC(Oc1cc(-c2cnn(CC3(C)COC3)c2)cnc1N)c1c(Cl)ccc(F)c1Cl. The fraction of sp³-hybridized carbons (Fsp3) is 0.333. The number of nitrogens with zero attached hydrogens (tertiary/aromatic N) is 3. The number of nitrogen functional groups attached to an aromatic ring is 1. The van der Waals surface area contributed by atoms with Gasteiger partial charge in [0.2, 0.25) is 0 Å². The molecule has 6 nitrogen and oxygen atoms in total. The van der Waals surface area contributed by atoms with Crippen molar-refractivity contribution < 1.29 is 13.9 Å². The topological polar surface area (TPSA) is 75.2 Å². The smallest absolute Gasteiger partial charge is 0.166 e. The molecule has 1 unspecified atom stereocenters. The van der Waals surface area contributed by atoms with Gasteiger partial charge in [0, 0.05) is 39.5 Å². The van der Waals surface area contributed by atoms with E-state index in [9.17, 15) is 4.39 Å². The highest BCUT2D eigenvalue weighted by atomic mass is 35.5. The summed E-state index contributed by atoms with van der Waals surface area (Å²) in [5, 5.41) is 4.67. The number of benzene rings is 1. The largest absolute Gasteiger partial charge is 0.482 e. The average molecular weight is 451 g/mol. The van der Waals surface area contributed by atoms with Crippen molar-refractivity contribution in [1.29, 1.82) is 0 Å². The van der Waals surface area contributed by atoms with Crippen molar-refractivity contribution in [2.45, 2.75) is 26.5 Å². The Balaban J connectivity index is 1.57. The lowest BCUT2D eigenvalue weighted by Crippen LogP contribution is -2.43. The van der Waals surface area contributed by atoms with E-state index in [4.69, 9.17) is 38.4 Å². The zero-order valence-corrected chi connectivity index (χ0v) is 18.0. The van der Waals surface area contributed by atoms with Crippen LogP contribution in [-0.4, -0.2) is 28.0 Å². The second-order valence-electron chi connectivity index (χ2n) is 7.85. The molecule has 0 aliphatic carbocycles. The summed E-state index contributed by atoms with van der Waals surface area (Å²) in [6.45, 7) is 6.11. The summed E-state index contributed by atoms with van der Waals surface area (Å²) in [6, 6.07) is 4.43. The maximum absolute atomic E-state index is 13.9. The maximum Gasteiger partial charge on any atom is 0.166 e. The Labute approximate surface area is 183 Å². The lowest BCUT2D eigenvalue weighted by Gasteiger charge is -2.37. The highest BCUT2D eigenvalue weighted by Gasteiger charge is 2.34. The van der Waals surface area contributed by atoms with E-state index in [2.05, 4.69) is 17.0 Å². The first-order chi connectivity index (χ1) is 14.3. The first-order valence-corrected chi connectivity index (χ1v) is 10.2. The molecule has 158 valence electrons. The van der Waals surface area contributed by atoms with Crippen LogP contribution >= 0.6 is 23.2 Å². The van der Waals surface area contributed by atoms with Crippen LogP contribution in [0.15, 0.2) is 36.8 Å². The first kappa shape index (κ1) is 20.9. The summed E-state index contributed by atoms with van der Waals surface area (Å²) in [4.78, 5) is 4.23. The summed E-state index contributed by atoms with van der Waals surface area (Å²) in [5.74, 6) is -0.00592. The standard InChI is InChI=1S/C21H21Cl2FN4O2/c1-12(18-15(22)3-4-16(24)19(18)23)30-17-5-13(6-26-20(17)25)14-7-27-28(8-14)9-21(2)10-29-11-21/h3-8,12H,9-11H2,1-2H3,(H2,25,26). The van der Waals surface area contributed by atoms with Crippen molar-refractivity contribution in [2.24, 2.45) is 5.41 Å². The van der Waals surface area contributed by atoms with Gasteiger partial charge in [0.05, 0.1) is 31.0 Å². The van der Waals surface area contributed by atoms with Crippen LogP contribution in [0.5, 0.6) is 5.75 Å². The van der Waals surface area contributed by atoms with E-state index in [0.29, 0.717) is 16.3 Å². The molecule has 1 aromatic carbocycles. The molecule has 9 heteroatoms. The molecule has 3 heterocycles. The molecule has 1 saturated heterocycles. The number of nitrogens with two attached hydrogens (primary N) is 1. The van der Waals surface area contributed by atoms with Crippen LogP contribution < -0.4 is 10.5 Å². The van der Waals surface area contributed by atoms with Gasteiger partial charge in [0.1, 0.15) is 11.9 Å². The second kappa shape index (κ2) is 8.06. The van der Waals surface area contributed by atoms with Gasteiger partial charge in [-0.2, -0.15) is 5.10 Å². The molecule has 2 aromatic heterocycles. The van der Waals surface area contributed by atoms with Gasteiger partial charge in [-0.25, -0.2) is 9.37 Å². The van der Waals surface area contributed by atoms with Gasteiger partial charge >= 0.3 is 0 Å². The molecule has 1 fully saturated rings. The Morgan fingerprint density at radius 2 is 2.07 bits per heavy atom. The van der Waals surface area contributed by atoms with Crippen LogP contribution in [0.3, 0.4) is 0 Å². The summed E-state index contributed by atoms with van der Waals surface area (Å²) >= 11 is 12.3. The fourth-order valence-corrected chi connectivity index (χ4v) is 4.08. The van der Waals surface area contributed by atoms with Crippen molar-refractivity contribution >= 4 is 29.0 Å². The van der Waals surface area contributed by atoms with E-state index in [1.807, 2.05) is 10.9 Å². The van der Waals surface area contributed by atoms with Crippen LogP contribution in [0.4, 0.5) is 10.2 Å². The van der Waals surface area contributed by atoms with Gasteiger partial charge in [-0.3, -0.25) is 4.68 Å². The minimum Gasteiger partial charge on any atom is -0.482 e. The average Bonchev–Trinajstić information content (AvgIpc) is 3.14. The molecule has 0 radical (unpaired) electrons. The number of hydrogen-bond donors (Lipinski definition) is 1. The maximum atomic E-state index is 13.9. The Morgan fingerprint density at radius 1 is 1.30 bits per heavy atom.